The van der Waals surface area contributed by atoms with Gasteiger partial charge in [0.05, 0.1) is 11.1 Å². The quantitative estimate of drug-likeness (QED) is 0.869. The lowest BCUT2D eigenvalue weighted by Gasteiger charge is -2.16. The lowest BCUT2D eigenvalue weighted by atomic mass is 10.1. The molecule has 0 atom stereocenters. The van der Waals surface area contributed by atoms with E-state index in [0.29, 0.717) is 10.6 Å². The molecule has 0 radical (unpaired) electrons. The van der Waals surface area contributed by atoms with Crippen LogP contribution in [0.3, 0.4) is 0 Å². The highest BCUT2D eigenvalue weighted by Crippen LogP contribution is 2.25. The number of hydrogen-bond acceptors (Lipinski definition) is 3. The molecule has 1 aliphatic carbocycles. The average Bonchev–Trinajstić information content (AvgIpc) is 3.02. The molecule has 6 heteroatoms. The fraction of sp³-hybridized carbons (Fsp3) is 0.400. The highest BCUT2D eigenvalue weighted by Gasteiger charge is 2.37. The van der Waals surface area contributed by atoms with Crippen molar-refractivity contribution in [1.29, 1.82) is 0 Å². The first-order valence-corrected chi connectivity index (χ1v) is 7.39. The number of halogens is 1. The van der Waals surface area contributed by atoms with Gasteiger partial charge in [0.2, 0.25) is 5.91 Å². The van der Waals surface area contributed by atoms with E-state index < -0.39 is 11.8 Å². The van der Waals surface area contributed by atoms with Crippen LogP contribution in [-0.2, 0) is 4.79 Å². The van der Waals surface area contributed by atoms with Gasteiger partial charge in [0, 0.05) is 11.1 Å². The molecule has 5 nitrogen and oxygen atoms in total. The van der Waals surface area contributed by atoms with E-state index in [2.05, 4.69) is 5.32 Å². The van der Waals surface area contributed by atoms with Crippen molar-refractivity contribution in [1.82, 2.24) is 10.2 Å². The third-order valence-electron chi connectivity index (χ3n) is 3.95. The number of benzene rings is 1. The van der Waals surface area contributed by atoms with Gasteiger partial charge in [-0.15, -0.1) is 0 Å². The molecule has 21 heavy (non-hydrogen) atoms. The van der Waals surface area contributed by atoms with Gasteiger partial charge in [-0.3, -0.25) is 19.3 Å². The molecule has 110 valence electrons. The summed E-state index contributed by atoms with van der Waals surface area (Å²) in [6.45, 7) is -0.236. The van der Waals surface area contributed by atoms with E-state index in [0.717, 1.165) is 30.6 Å². The lowest BCUT2D eigenvalue weighted by Crippen LogP contribution is -2.43. The maximum atomic E-state index is 12.2. The third-order valence-corrected chi connectivity index (χ3v) is 4.19. The summed E-state index contributed by atoms with van der Waals surface area (Å²) in [5.41, 5.74) is 0.569. The SMILES string of the molecule is O=C(CN1C(=O)c2ccc(Cl)cc2C1=O)NC1CCCC1. The molecule has 1 aromatic rings. The first-order chi connectivity index (χ1) is 10.1. The zero-order chi connectivity index (χ0) is 15.0. The van der Waals surface area contributed by atoms with Crippen LogP contribution in [0.15, 0.2) is 18.2 Å². The number of nitrogens with zero attached hydrogens (tertiary/aromatic N) is 1. The fourth-order valence-corrected chi connectivity index (χ4v) is 3.07. The van der Waals surface area contributed by atoms with Crippen LogP contribution in [0.5, 0.6) is 0 Å². The molecule has 0 unspecified atom stereocenters. The minimum atomic E-state index is -0.459. The van der Waals surface area contributed by atoms with Crippen molar-refractivity contribution >= 4 is 29.3 Å². The summed E-state index contributed by atoms with van der Waals surface area (Å²) in [5.74, 6) is -1.19. The van der Waals surface area contributed by atoms with E-state index in [9.17, 15) is 14.4 Å². The molecule has 1 aromatic carbocycles. The van der Waals surface area contributed by atoms with Crippen LogP contribution in [0, 0.1) is 0 Å². The molecule has 2 aliphatic rings. The topological polar surface area (TPSA) is 66.5 Å². The highest BCUT2D eigenvalue weighted by atomic mass is 35.5. The Morgan fingerprint density at radius 3 is 2.57 bits per heavy atom. The molecule has 1 fully saturated rings. The van der Waals surface area contributed by atoms with Crippen molar-refractivity contribution < 1.29 is 14.4 Å². The van der Waals surface area contributed by atoms with Crippen molar-refractivity contribution in [2.75, 3.05) is 6.54 Å². The summed E-state index contributed by atoms with van der Waals surface area (Å²) < 4.78 is 0. The van der Waals surface area contributed by atoms with Crippen LogP contribution in [0.4, 0.5) is 0 Å². The molecular weight excluding hydrogens is 292 g/mol. The van der Waals surface area contributed by atoms with E-state index in [1.54, 1.807) is 6.07 Å². The van der Waals surface area contributed by atoms with Crippen LogP contribution in [-0.4, -0.2) is 35.2 Å². The Labute approximate surface area is 127 Å². The Bertz CT molecular complexity index is 623. The summed E-state index contributed by atoms with van der Waals surface area (Å²) >= 11 is 5.84. The van der Waals surface area contributed by atoms with Gasteiger partial charge in [-0.1, -0.05) is 24.4 Å². The first-order valence-electron chi connectivity index (χ1n) is 7.01. The molecule has 0 aromatic heterocycles. The van der Waals surface area contributed by atoms with Crippen LogP contribution in [0.25, 0.3) is 0 Å². The Kier molecular flexibility index (Phi) is 3.68. The van der Waals surface area contributed by atoms with Gasteiger partial charge in [-0.2, -0.15) is 0 Å². The molecule has 0 spiro atoms. The number of fused-ring (bicyclic) bond motifs is 1. The summed E-state index contributed by atoms with van der Waals surface area (Å²) in [4.78, 5) is 37.3. The van der Waals surface area contributed by atoms with E-state index in [1.807, 2.05) is 0 Å². The maximum Gasteiger partial charge on any atom is 0.262 e. The smallest absolute Gasteiger partial charge is 0.262 e. The number of rotatable bonds is 3. The number of amides is 3. The normalized spacial score (nSPS) is 18.2. The van der Waals surface area contributed by atoms with E-state index in [-0.39, 0.29) is 24.1 Å². The van der Waals surface area contributed by atoms with Crippen LogP contribution in [0.2, 0.25) is 5.02 Å². The summed E-state index contributed by atoms with van der Waals surface area (Å²) in [6, 6.07) is 4.72. The third kappa shape index (κ3) is 2.65. The Morgan fingerprint density at radius 1 is 1.19 bits per heavy atom. The standard InChI is InChI=1S/C15H15ClN2O3/c16-9-5-6-11-12(7-9)15(21)18(14(11)20)8-13(19)17-10-3-1-2-4-10/h5-7,10H,1-4,8H2,(H,17,19). The first kappa shape index (κ1) is 14.1. The van der Waals surface area contributed by atoms with Gasteiger partial charge in [-0.25, -0.2) is 0 Å². The molecule has 1 saturated carbocycles. The lowest BCUT2D eigenvalue weighted by molar-refractivity contribution is -0.122. The Balaban J connectivity index is 1.71. The summed E-state index contributed by atoms with van der Waals surface area (Å²) in [6.07, 6.45) is 4.14. The molecule has 0 bridgehead atoms. The molecule has 1 N–H and O–H groups in total. The van der Waals surface area contributed by atoms with E-state index in [4.69, 9.17) is 11.6 Å². The van der Waals surface area contributed by atoms with Gasteiger partial charge in [0.1, 0.15) is 6.54 Å². The predicted molar refractivity (Wildman–Crippen MR) is 77.2 cm³/mol. The number of imide groups is 1. The maximum absolute atomic E-state index is 12.2. The van der Waals surface area contributed by atoms with Gasteiger partial charge in [0.25, 0.3) is 11.8 Å². The Morgan fingerprint density at radius 2 is 1.86 bits per heavy atom. The highest BCUT2D eigenvalue weighted by molar-refractivity contribution is 6.32. The summed E-state index contributed by atoms with van der Waals surface area (Å²) in [5, 5.41) is 3.27. The summed E-state index contributed by atoms with van der Waals surface area (Å²) in [7, 11) is 0. The molecular formula is C15H15ClN2O3. The molecule has 3 amide bonds. The van der Waals surface area contributed by atoms with Crippen molar-refractivity contribution in [3.05, 3.63) is 34.3 Å². The number of carbonyl (C=O) groups excluding carboxylic acids is 3. The average molecular weight is 307 g/mol. The zero-order valence-corrected chi connectivity index (χ0v) is 12.2. The second kappa shape index (κ2) is 5.48. The number of carbonyl (C=O) groups is 3. The van der Waals surface area contributed by atoms with E-state index in [1.165, 1.54) is 12.1 Å². The van der Waals surface area contributed by atoms with Gasteiger partial charge < -0.3 is 5.32 Å². The fourth-order valence-electron chi connectivity index (χ4n) is 2.89. The zero-order valence-electron chi connectivity index (χ0n) is 11.4. The van der Waals surface area contributed by atoms with Gasteiger partial charge in [-0.05, 0) is 31.0 Å². The second-order valence-electron chi connectivity index (χ2n) is 5.44. The van der Waals surface area contributed by atoms with Crippen molar-refractivity contribution in [3.63, 3.8) is 0 Å². The van der Waals surface area contributed by atoms with Crippen LogP contribution in [0.1, 0.15) is 46.4 Å². The largest absolute Gasteiger partial charge is 0.352 e. The molecule has 0 saturated heterocycles. The number of nitrogens with one attached hydrogen (secondary N) is 1. The second-order valence-corrected chi connectivity index (χ2v) is 5.87. The number of hydrogen-bond donors (Lipinski definition) is 1. The van der Waals surface area contributed by atoms with Gasteiger partial charge >= 0.3 is 0 Å². The van der Waals surface area contributed by atoms with Crippen molar-refractivity contribution in [3.8, 4) is 0 Å². The van der Waals surface area contributed by atoms with Gasteiger partial charge in [0.15, 0.2) is 0 Å². The van der Waals surface area contributed by atoms with Crippen molar-refractivity contribution in [2.24, 2.45) is 0 Å². The van der Waals surface area contributed by atoms with E-state index >= 15 is 0 Å². The minimum Gasteiger partial charge on any atom is -0.352 e. The Hall–Kier alpha value is -1.88. The molecule has 1 heterocycles. The van der Waals surface area contributed by atoms with Crippen molar-refractivity contribution in [2.45, 2.75) is 31.7 Å². The van der Waals surface area contributed by atoms with Crippen LogP contribution < -0.4 is 5.32 Å². The molecule has 3 rings (SSSR count). The molecule has 1 aliphatic heterocycles. The monoisotopic (exact) mass is 306 g/mol. The van der Waals surface area contributed by atoms with Crippen LogP contribution >= 0.6 is 11.6 Å². The predicted octanol–water partition coefficient (Wildman–Crippen LogP) is 1.99. The minimum absolute atomic E-state index is 0.169.